The highest BCUT2D eigenvalue weighted by Gasteiger charge is 2.17. The Kier molecular flexibility index (Phi) is 4.47. The molecule has 9 heteroatoms. The van der Waals surface area contributed by atoms with Crippen molar-refractivity contribution in [3.8, 4) is 16.9 Å². The predicted molar refractivity (Wildman–Crippen MR) is 110 cm³/mol. The average molecular weight is 421 g/mol. The van der Waals surface area contributed by atoms with Crippen LogP contribution in [0.25, 0.3) is 16.8 Å². The Morgan fingerprint density at radius 2 is 2.00 bits per heavy atom. The van der Waals surface area contributed by atoms with E-state index in [2.05, 4.69) is 26.2 Å². The molecule has 0 saturated heterocycles. The van der Waals surface area contributed by atoms with Gasteiger partial charge in [-0.25, -0.2) is 18.4 Å². The maximum absolute atomic E-state index is 11.6. The third kappa shape index (κ3) is 3.30. The molecular weight excluding hydrogens is 402 g/mol. The number of benzene rings is 1. The van der Waals surface area contributed by atoms with E-state index in [-0.39, 0.29) is 5.03 Å². The minimum atomic E-state index is -3.35. The zero-order valence-corrected chi connectivity index (χ0v) is 17.1. The van der Waals surface area contributed by atoms with Gasteiger partial charge in [0, 0.05) is 48.2 Å². The molecule has 4 heterocycles. The summed E-state index contributed by atoms with van der Waals surface area (Å²) in [5.41, 5.74) is 4.70. The molecule has 0 saturated carbocycles. The third-order valence-corrected chi connectivity index (χ3v) is 6.30. The van der Waals surface area contributed by atoms with Crippen molar-refractivity contribution in [1.29, 1.82) is 0 Å². The van der Waals surface area contributed by atoms with Crippen molar-refractivity contribution < 1.29 is 13.2 Å². The minimum absolute atomic E-state index is 0.0349. The molecule has 8 nitrogen and oxygen atoms in total. The molecule has 0 amide bonds. The fourth-order valence-electron chi connectivity index (χ4n) is 3.79. The van der Waals surface area contributed by atoms with Gasteiger partial charge in [-0.1, -0.05) is 12.1 Å². The Labute approximate surface area is 173 Å². The molecular formula is C21H19N5O3S. The molecule has 152 valence electrons. The minimum Gasteiger partial charge on any atom is -0.493 e. The maximum Gasteiger partial charge on any atom is 0.192 e. The summed E-state index contributed by atoms with van der Waals surface area (Å²) >= 11 is 0. The number of sulfone groups is 1. The number of nitrogens with zero attached hydrogens (tertiary/aromatic N) is 5. The number of aromatic nitrogens is 5. The van der Waals surface area contributed by atoms with Crippen LogP contribution < -0.4 is 4.74 Å². The Morgan fingerprint density at radius 1 is 1.10 bits per heavy atom. The standard InChI is InChI=1S/C21H19N5O3S/c1-30(27,28)20-8-6-15(11-23-20)17-12-22-19(26-13-24-25-21(17)26)7-5-14-3-2-4-18-16(14)9-10-29-18/h2-4,6,8,11-13H,5,7,9-10H2,1H3. The summed E-state index contributed by atoms with van der Waals surface area (Å²) in [5, 5.41) is 8.34. The van der Waals surface area contributed by atoms with Crippen molar-refractivity contribution in [1.82, 2.24) is 24.6 Å². The van der Waals surface area contributed by atoms with Crippen LogP contribution in [0.5, 0.6) is 5.75 Å². The number of fused-ring (bicyclic) bond motifs is 2. The van der Waals surface area contributed by atoms with E-state index in [1.54, 1.807) is 18.6 Å². The Balaban J connectivity index is 1.45. The van der Waals surface area contributed by atoms with Gasteiger partial charge in [-0.15, -0.1) is 10.2 Å². The van der Waals surface area contributed by atoms with E-state index in [1.807, 2.05) is 16.5 Å². The van der Waals surface area contributed by atoms with Crippen LogP contribution in [0.15, 0.2) is 54.1 Å². The monoisotopic (exact) mass is 421 g/mol. The zero-order chi connectivity index (χ0) is 20.7. The van der Waals surface area contributed by atoms with Crippen LogP contribution in [-0.4, -0.2) is 45.8 Å². The highest BCUT2D eigenvalue weighted by molar-refractivity contribution is 7.90. The fraction of sp³-hybridized carbons (Fsp3) is 0.238. The largest absolute Gasteiger partial charge is 0.493 e. The summed E-state index contributed by atoms with van der Waals surface area (Å²) in [6.45, 7) is 0.737. The van der Waals surface area contributed by atoms with Crippen LogP contribution in [-0.2, 0) is 29.1 Å². The van der Waals surface area contributed by atoms with Gasteiger partial charge in [0.1, 0.15) is 17.9 Å². The van der Waals surface area contributed by atoms with Crippen LogP contribution in [0, 0.1) is 0 Å². The summed E-state index contributed by atoms with van der Waals surface area (Å²) in [4.78, 5) is 8.71. The SMILES string of the molecule is CS(=O)(=O)c1ccc(-c2cnc(CCc3cccc4c3CCO4)n3cnnc23)cn1. The normalized spacial score (nSPS) is 13.4. The summed E-state index contributed by atoms with van der Waals surface area (Å²) in [6, 6.07) is 9.38. The number of pyridine rings is 1. The van der Waals surface area contributed by atoms with Gasteiger partial charge in [-0.2, -0.15) is 0 Å². The lowest BCUT2D eigenvalue weighted by atomic mass is 10.0. The van der Waals surface area contributed by atoms with Gasteiger partial charge in [-0.3, -0.25) is 4.40 Å². The van der Waals surface area contributed by atoms with Crippen molar-refractivity contribution in [2.24, 2.45) is 0 Å². The Morgan fingerprint density at radius 3 is 2.80 bits per heavy atom. The lowest BCUT2D eigenvalue weighted by Crippen LogP contribution is -2.05. The van der Waals surface area contributed by atoms with E-state index in [9.17, 15) is 8.42 Å². The molecule has 0 bridgehead atoms. The first-order valence-corrected chi connectivity index (χ1v) is 11.5. The van der Waals surface area contributed by atoms with Crippen LogP contribution in [0.3, 0.4) is 0 Å². The molecule has 0 fully saturated rings. The lowest BCUT2D eigenvalue weighted by molar-refractivity contribution is 0.357. The first-order chi connectivity index (χ1) is 14.5. The van der Waals surface area contributed by atoms with Crippen molar-refractivity contribution in [2.75, 3.05) is 12.9 Å². The Bertz CT molecular complexity index is 1350. The number of rotatable bonds is 5. The molecule has 0 spiro atoms. The molecule has 1 aliphatic heterocycles. The molecule has 1 aliphatic rings. The van der Waals surface area contributed by atoms with Crippen LogP contribution in [0.2, 0.25) is 0 Å². The quantitative estimate of drug-likeness (QED) is 0.487. The first-order valence-electron chi connectivity index (χ1n) is 9.58. The van der Waals surface area contributed by atoms with Gasteiger partial charge < -0.3 is 4.74 Å². The average Bonchev–Trinajstić information content (AvgIpc) is 3.41. The molecule has 0 N–H and O–H groups in total. The highest BCUT2D eigenvalue weighted by Crippen LogP contribution is 2.29. The number of aryl methyl sites for hydroxylation is 2. The molecule has 0 atom stereocenters. The number of hydrogen-bond acceptors (Lipinski definition) is 7. The molecule has 4 aromatic rings. The lowest BCUT2D eigenvalue weighted by Gasteiger charge is -2.10. The summed E-state index contributed by atoms with van der Waals surface area (Å²) in [6.07, 6.45) is 8.57. The Hall–Kier alpha value is -3.33. The van der Waals surface area contributed by atoms with E-state index < -0.39 is 9.84 Å². The van der Waals surface area contributed by atoms with E-state index in [0.29, 0.717) is 5.65 Å². The number of hydrogen-bond donors (Lipinski definition) is 0. The van der Waals surface area contributed by atoms with E-state index >= 15 is 0 Å². The highest BCUT2D eigenvalue weighted by atomic mass is 32.2. The smallest absolute Gasteiger partial charge is 0.192 e. The molecule has 3 aromatic heterocycles. The van der Waals surface area contributed by atoms with Gasteiger partial charge in [0.2, 0.25) is 0 Å². The predicted octanol–water partition coefficient (Wildman–Crippen LogP) is 2.31. The second kappa shape index (κ2) is 7.17. The molecule has 30 heavy (non-hydrogen) atoms. The third-order valence-electron chi connectivity index (χ3n) is 5.29. The molecule has 0 aliphatic carbocycles. The van der Waals surface area contributed by atoms with E-state index in [1.165, 1.54) is 23.4 Å². The number of ether oxygens (including phenoxy) is 1. The first kappa shape index (κ1) is 18.7. The fourth-order valence-corrected chi connectivity index (χ4v) is 4.35. The second-order valence-electron chi connectivity index (χ2n) is 7.26. The van der Waals surface area contributed by atoms with Gasteiger partial charge in [-0.05, 0) is 30.2 Å². The second-order valence-corrected chi connectivity index (χ2v) is 9.22. The zero-order valence-electron chi connectivity index (χ0n) is 16.3. The summed E-state index contributed by atoms with van der Waals surface area (Å²) in [7, 11) is -3.35. The maximum atomic E-state index is 11.6. The van der Waals surface area contributed by atoms with Crippen molar-refractivity contribution in [3.63, 3.8) is 0 Å². The van der Waals surface area contributed by atoms with Gasteiger partial charge >= 0.3 is 0 Å². The molecule has 5 rings (SSSR count). The van der Waals surface area contributed by atoms with Crippen LogP contribution >= 0.6 is 0 Å². The topological polar surface area (TPSA) is 99.3 Å². The van der Waals surface area contributed by atoms with Crippen LogP contribution in [0.4, 0.5) is 0 Å². The molecule has 0 unspecified atom stereocenters. The van der Waals surface area contributed by atoms with Crippen LogP contribution in [0.1, 0.15) is 17.0 Å². The van der Waals surface area contributed by atoms with Gasteiger partial charge in [0.05, 0.1) is 6.61 Å². The van der Waals surface area contributed by atoms with E-state index in [0.717, 1.165) is 54.8 Å². The summed E-state index contributed by atoms with van der Waals surface area (Å²) in [5.74, 6) is 1.84. The van der Waals surface area contributed by atoms with Gasteiger partial charge in [0.25, 0.3) is 0 Å². The van der Waals surface area contributed by atoms with Crippen molar-refractivity contribution in [3.05, 3.63) is 66.0 Å². The van der Waals surface area contributed by atoms with Crippen molar-refractivity contribution >= 4 is 15.5 Å². The summed E-state index contributed by atoms with van der Waals surface area (Å²) < 4.78 is 30.8. The van der Waals surface area contributed by atoms with Gasteiger partial charge in [0.15, 0.2) is 20.5 Å². The molecule has 0 radical (unpaired) electrons. The molecule has 1 aromatic carbocycles. The van der Waals surface area contributed by atoms with Crippen molar-refractivity contribution in [2.45, 2.75) is 24.3 Å². The van der Waals surface area contributed by atoms with E-state index in [4.69, 9.17) is 4.74 Å².